The van der Waals surface area contributed by atoms with Crippen molar-refractivity contribution in [3.05, 3.63) is 63.7 Å². The molecule has 0 atom stereocenters. The van der Waals surface area contributed by atoms with Crippen LogP contribution in [-0.2, 0) is 5.75 Å². The van der Waals surface area contributed by atoms with Crippen molar-refractivity contribution in [3.8, 4) is 0 Å². The van der Waals surface area contributed by atoms with Gasteiger partial charge in [0.1, 0.15) is 5.69 Å². The molecule has 0 aromatic heterocycles. The molecule has 0 fully saturated rings. The number of hydrogen-bond acceptors (Lipinski definition) is 5. The average molecular weight is 289 g/mol. The van der Waals surface area contributed by atoms with Gasteiger partial charge in [-0.1, -0.05) is 23.8 Å². The number of rotatable bonds is 5. The topological polar surface area (TPSA) is 81.2 Å². The van der Waals surface area contributed by atoms with Crippen LogP contribution in [0.15, 0.2) is 47.4 Å². The van der Waals surface area contributed by atoms with Crippen LogP contribution in [0.3, 0.4) is 0 Å². The molecule has 2 aromatic carbocycles. The van der Waals surface area contributed by atoms with Gasteiger partial charge in [-0.2, -0.15) is 0 Å². The van der Waals surface area contributed by atoms with E-state index in [1.165, 1.54) is 5.56 Å². The number of nitrogens with zero attached hydrogens (tertiary/aromatic N) is 1. The van der Waals surface area contributed by atoms with Crippen LogP contribution in [0.4, 0.5) is 11.4 Å². The lowest BCUT2D eigenvalue weighted by Gasteiger charge is -2.06. The molecule has 2 rings (SSSR count). The summed E-state index contributed by atoms with van der Waals surface area (Å²) in [7, 11) is 0. The number of thioether (sulfide) groups is 1. The number of nitrogens with two attached hydrogens (primary N) is 1. The summed E-state index contributed by atoms with van der Waals surface area (Å²) in [6.45, 7) is 2.04. The van der Waals surface area contributed by atoms with Gasteiger partial charge in [-0.25, -0.2) is 0 Å². The second kappa shape index (κ2) is 6.40. The minimum Gasteiger partial charge on any atom is -0.318 e. The van der Waals surface area contributed by atoms with E-state index >= 15 is 0 Å². The molecule has 104 valence electrons. The SMILES string of the molecule is Cc1ccc(SCc2ccc(NN)c([N+](=O)[O-])c2)cc1. The Morgan fingerprint density at radius 3 is 2.55 bits per heavy atom. The molecule has 2 aromatic rings. The van der Waals surface area contributed by atoms with Crippen molar-refractivity contribution in [3.63, 3.8) is 0 Å². The van der Waals surface area contributed by atoms with Gasteiger partial charge in [0.2, 0.25) is 0 Å². The fourth-order valence-electron chi connectivity index (χ4n) is 1.74. The lowest BCUT2D eigenvalue weighted by molar-refractivity contribution is -0.384. The van der Waals surface area contributed by atoms with Gasteiger partial charge < -0.3 is 5.43 Å². The molecule has 0 saturated carbocycles. The summed E-state index contributed by atoms with van der Waals surface area (Å²) >= 11 is 1.64. The molecule has 0 unspecified atom stereocenters. The summed E-state index contributed by atoms with van der Waals surface area (Å²) in [5.74, 6) is 5.93. The average Bonchev–Trinajstić information content (AvgIpc) is 2.46. The molecule has 0 saturated heterocycles. The van der Waals surface area contributed by atoms with Gasteiger partial charge in [0.15, 0.2) is 0 Å². The molecule has 0 aliphatic carbocycles. The molecule has 0 aliphatic heterocycles. The first kappa shape index (κ1) is 14.4. The Morgan fingerprint density at radius 2 is 1.95 bits per heavy atom. The van der Waals surface area contributed by atoms with Gasteiger partial charge in [-0.05, 0) is 30.7 Å². The van der Waals surface area contributed by atoms with Gasteiger partial charge >= 0.3 is 0 Å². The largest absolute Gasteiger partial charge is 0.318 e. The van der Waals surface area contributed by atoms with Crippen molar-refractivity contribution >= 4 is 23.1 Å². The van der Waals surface area contributed by atoms with Crippen LogP contribution >= 0.6 is 11.8 Å². The smallest absolute Gasteiger partial charge is 0.293 e. The predicted octanol–water partition coefficient (Wildman–Crippen LogP) is 3.48. The highest BCUT2D eigenvalue weighted by molar-refractivity contribution is 7.98. The Morgan fingerprint density at radius 1 is 1.25 bits per heavy atom. The van der Waals surface area contributed by atoms with Crippen molar-refractivity contribution in [1.29, 1.82) is 0 Å². The van der Waals surface area contributed by atoms with E-state index in [0.29, 0.717) is 11.4 Å². The lowest BCUT2D eigenvalue weighted by atomic mass is 10.2. The number of nitrogens with one attached hydrogen (secondary N) is 1. The summed E-state index contributed by atoms with van der Waals surface area (Å²) in [5.41, 5.74) is 4.75. The van der Waals surface area contributed by atoms with E-state index in [9.17, 15) is 10.1 Å². The van der Waals surface area contributed by atoms with Crippen molar-refractivity contribution in [2.45, 2.75) is 17.6 Å². The maximum atomic E-state index is 10.9. The van der Waals surface area contributed by atoms with Crippen LogP contribution in [0.1, 0.15) is 11.1 Å². The van der Waals surface area contributed by atoms with Crippen molar-refractivity contribution in [2.24, 2.45) is 5.84 Å². The number of benzene rings is 2. The van der Waals surface area contributed by atoms with Crippen LogP contribution in [-0.4, -0.2) is 4.92 Å². The van der Waals surface area contributed by atoms with Crippen molar-refractivity contribution < 1.29 is 4.92 Å². The zero-order valence-electron chi connectivity index (χ0n) is 11.0. The third-order valence-electron chi connectivity index (χ3n) is 2.84. The maximum absolute atomic E-state index is 10.9. The van der Waals surface area contributed by atoms with E-state index < -0.39 is 4.92 Å². The van der Waals surface area contributed by atoms with E-state index in [-0.39, 0.29) is 5.69 Å². The number of aryl methyl sites for hydroxylation is 1. The minimum atomic E-state index is -0.435. The Hall–Kier alpha value is -2.05. The highest BCUT2D eigenvalue weighted by atomic mass is 32.2. The standard InChI is InChI=1S/C14H15N3O2S/c1-10-2-5-12(6-3-10)20-9-11-4-7-13(16-15)14(8-11)17(18)19/h2-8,16H,9,15H2,1H3. The molecule has 0 aliphatic rings. The number of nitro benzene ring substituents is 1. The van der Waals surface area contributed by atoms with E-state index in [1.54, 1.807) is 23.9 Å². The van der Waals surface area contributed by atoms with E-state index in [1.807, 2.05) is 37.3 Å². The van der Waals surface area contributed by atoms with Crippen LogP contribution < -0.4 is 11.3 Å². The van der Waals surface area contributed by atoms with Gasteiger partial charge in [0, 0.05) is 16.7 Å². The molecular weight excluding hydrogens is 274 g/mol. The third-order valence-corrected chi connectivity index (χ3v) is 3.92. The van der Waals surface area contributed by atoms with Crippen LogP contribution in [0, 0.1) is 17.0 Å². The van der Waals surface area contributed by atoms with E-state index in [4.69, 9.17) is 5.84 Å². The van der Waals surface area contributed by atoms with Gasteiger partial charge in [0.25, 0.3) is 5.69 Å². The van der Waals surface area contributed by atoms with Crippen LogP contribution in [0.2, 0.25) is 0 Å². The van der Waals surface area contributed by atoms with Crippen molar-refractivity contribution in [2.75, 3.05) is 5.43 Å². The highest BCUT2D eigenvalue weighted by Crippen LogP contribution is 2.28. The molecule has 0 amide bonds. The molecular formula is C14H15N3O2S. The third kappa shape index (κ3) is 3.49. The maximum Gasteiger partial charge on any atom is 0.293 e. The van der Waals surface area contributed by atoms with Gasteiger partial charge in [-0.3, -0.25) is 16.0 Å². The number of anilines is 1. The quantitative estimate of drug-likeness (QED) is 0.381. The van der Waals surface area contributed by atoms with Gasteiger partial charge in [-0.15, -0.1) is 11.8 Å². The first-order valence-corrected chi connectivity index (χ1v) is 7.02. The Kier molecular flexibility index (Phi) is 4.60. The van der Waals surface area contributed by atoms with E-state index in [2.05, 4.69) is 5.43 Å². The fourth-order valence-corrected chi connectivity index (χ4v) is 2.58. The Labute approximate surface area is 121 Å². The van der Waals surface area contributed by atoms with Crippen LogP contribution in [0.25, 0.3) is 0 Å². The monoisotopic (exact) mass is 289 g/mol. The molecule has 0 spiro atoms. The summed E-state index contributed by atoms with van der Waals surface area (Å²) < 4.78 is 0. The molecule has 3 N–H and O–H groups in total. The summed E-state index contributed by atoms with van der Waals surface area (Å²) in [4.78, 5) is 11.7. The first-order valence-electron chi connectivity index (χ1n) is 6.03. The van der Waals surface area contributed by atoms with Crippen molar-refractivity contribution in [1.82, 2.24) is 0 Å². The molecule has 0 bridgehead atoms. The Bertz CT molecular complexity index is 614. The number of nitrogen functional groups attached to an aromatic ring is 1. The molecule has 6 heteroatoms. The molecule has 0 heterocycles. The summed E-state index contributed by atoms with van der Waals surface area (Å²) in [6, 6.07) is 13.2. The fraction of sp³-hybridized carbons (Fsp3) is 0.143. The number of hydrazine groups is 1. The zero-order chi connectivity index (χ0) is 14.5. The molecule has 5 nitrogen and oxygen atoms in total. The highest BCUT2D eigenvalue weighted by Gasteiger charge is 2.13. The van der Waals surface area contributed by atoms with Gasteiger partial charge in [0.05, 0.1) is 4.92 Å². The zero-order valence-corrected chi connectivity index (χ0v) is 11.8. The molecule has 0 radical (unpaired) electrons. The number of nitro groups is 1. The van der Waals surface area contributed by atoms with E-state index in [0.717, 1.165) is 10.5 Å². The predicted molar refractivity (Wildman–Crippen MR) is 81.6 cm³/mol. The second-order valence-electron chi connectivity index (χ2n) is 4.35. The molecule has 20 heavy (non-hydrogen) atoms. The summed E-state index contributed by atoms with van der Waals surface area (Å²) in [5, 5.41) is 10.9. The minimum absolute atomic E-state index is 0.00509. The second-order valence-corrected chi connectivity index (χ2v) is 5.40. The normalized spacial score (nSPS) is 10.3. The van der Waals surface area contributed by atoms with Crippen LogP contribution in [0.5, 0.6) is 0 Å². The summed E-state index contributed by atoms with van der Waals surface area (Å²) in [6.07, 6.45) is 0. The Balaban J connectivity index is 2.11. The number of hydrogen-bond donors (Lipinski definition) is 2. The lowest BCUT2D eigenvalue weighted by Crippen LogP contribution is -2.09. The first-order chi connectivity index (χ1) is 9.60.